The van der Waals surface area contributed by atoms with Gasteiger partial charge < -0.3 is 19.5 Å². The number of benzene rings is 2. The number of urea groups is 1. The Balaban J connectivity index is 1.45. The summed E-state index contributed by atoms with van der Waals surface area (Å²) in [4.78, 5) is 29.1. The minimum absolute atomic E-state index is 0.141. The molecule has 1 spiro atoms. The van der Waals surface area contributed by atoms with E-state index in [4.69, 9.17) is 25.8 Å². The molecule has 0 radical (unpaired) electrons. The molecular weight excluding hydrogens is 482 g/mol. The number of rotatable bonds is 7. The molecule has 2 aliphatic heterocycles. The third kappa shape index (κ3) is 5.11. The normalized spacial score (nSPS) is 17.4. The number of halogens is 1. The standard InChI is InChI=1S/C27H34ClN3O5/c1-17(2)21-12-18(23(34-3)14-22(21)28)15-30-10-8-27(9-11-30)16-31(26(33)29-27)19-6-7-20(25(32)36-5)24(13-19)35-4/h6-7,12-14,17H,8-11,15-16H2,1-5H3,(H,29,33). The van der Waals surface area contributed by atoms with Gasteiger partial charge in [0.05, 0.1) is 33.4 Å². The van der Waals surface area contributed by atoms with Crippen molar-refractivity contribution >= 4 is 29.3 Å². The number of hydrogen-bond donors (Lipinski definition) is 1. The fraction of sp³-hybridized carbons (Fsp3) is 0.481. The molecule has 1 N–H and O–H groups in total. The van der Waals surface area contributed by atoms with E-state index in [1.165, 1.54) is 14.2 Å². The van der Waals surface area contributed by atoms with E-state index in [0.717, 1.165) is 54.4 Å². The zero-order valence-electron chi connectivity index (χ0n) is 21.5. The summed E-state index contributed by atoms with van der Waals surface area (Å²) in [5.41, 5.74) is 2.95. The number of nitrogens with zero attached hydrogens (tertiary/aromatic N) is 2. The minimum atomic E-state index is -0.481. The minimum Gasteiger partial charge on any atom is -0.496 e. The first-order chi connectivity index (χ1) is 17.2. The molecule has 0 aromatic heterocycles. The summed E-state index contributed by atoms with van der Waals surface area (Å²) >= 11 is 6.46. The topological polar surface area (TPSA) is 80.3 Å². The maximum atomic E-state index is 13.0. The quantitative estimate of drug-likeness (QED) is 0.532. The summed E-state index contributed by atoms with van der Waals surface area (Å²) < 4.78 is 15.8. The predicted molar refractivity (Wildman–Crippen MR) is 140 cm³/mol. The third-order valence-electron chi connectivity index (χ3n) is 7.21. The van der Waals surface area contributed by atoms with Crippen molar-refractivity contribution in [3.8, 4) is 11.5 Å². The summed E-state index contributed by atoms with van der Waals surface area (Å²) in [6.07, 6.45) is 1.67. The molecule has 0 bridgehead atoms. The van der Waals surface area contributed by atoms with Crippen LogP contribution in [0.2, 0.25) is 5.02 Å². The fourth-order valence-electron chi connectivity index (χ4n) is 5.08. The van der Waals surface area contributed by atoms with Gasteiger partial charge in [-0.3, -0.25) is 9.80 Å². The Bertz CT molecular complexity index is 1140. The molecule has 0 atom stereocenters. The highest BCUT2D eigenvalue weighted by molar-refractivity contribution is 6.31. The molecule has 2 aromatic carbocycles. The molecule has 2 saturated heterocycles. The monoisotopic (exact) mass is 515 g/mol. The van der Waals surface area contributed by atoms with Crippen LogP contribution in [0.4, 0.5) is 10.5 Å². The summed E-state index contributed by atoms with van der Waals surface area (Å²) in [5, 5.41) is 3.96. The van der Waals surface area contributed by atoms with Gasteiger partial charge in [-0.05, 0) is 48.6 Å². The zero-order chi connectivity index (χ0) is 26.0. The Morgan fingerprint density at radius 1 is 1.08 bits per heavy atom. The highest BCUT2D eigenvalue weighted by Gasteiger charge is 2.45. The third-order valence-corrected chi connectivity index (χ3v) is 7.54. The molecule has 2 amide bonds. The van der Waals surface area contributed by atoms with Crippen LogP contribution >= 0.6 is 11.6 Å². The van der Waals surface area contributed by atoms with Gasteiger partial charge in [0.2, 0.25) is 0 Å². The van der Waals surface area contributed by atoms with Crippen LogP contribution in [-0.2, 0) is 11.3 Å². The van der Waals surface area contributed by atoms with Crippen molar-refractivity contribution in [1.82, 2.24) is 10.2 Å². The summed E-state index contributed by atoms with van der Waals surface area (Å²) in [5.74, 6) is 1.02. The van der Waals surface area contributed by atoms with E-state index in [1.807, 2.05) is 6.07 Å². The van der Waals surface area contributed by atoms with Crippen molar-refractivity contribution in [2.75, 3.05) is 45.9 Å². The van der Waals surface area contributed by atoms with E-state index in [9.17, 15) is 9.59 Å². The number of anilines is 1. The van der Waals surface area contributed by atoms with Crippen LogP contribution in [0.5, 0.6) is 11.5 Å². The second kappa shape index (κ2) is 10.6. The van der Waals surface area contributed by atoms with E-state index < -0.39 is 5.97 Å². The van der Waals surface area contributed by atoms with Gasteiger partial charge in [-0.2, -0.15) is 0 Å². The van der Waals surface area contributed by atoms with E-state index >= 15 is 0 Å². The molecule has 4 rings (SSSR count). The predicted octanol–water partition coefficient (Wildman–Crippen LogP) is 4.83. The Hall–Kier alpha value is -2.97. The van der Waals surface area contributed by atoms with Crippen molar-refractivity contribution in [3.05, 3.63) is 52.0 Å². The molecule has 2 aromatic rings. The molecule has 36 heavy (non-hydrogen) atoms. The Morgan fingerprint density at radius 3 is 2.39 bits per heavy atom. The van der Waals surface area contributed by atoms with Crippen LogP contribution in [0.25, 0.3) is 0 Å². The van der Waals surface area contributed by atoms with E-state index in [-0.39, 0.29) is 11.6 Å². The number of ether oxygens (including phenoxy) is 3. The zero-order valence-corrected chi connectivity index (χ0v) is 22.3. The van der Waals surface area contributed by atoms with Crippen LogP contribution in [0.15, 0.2) is 30.3 Å². The fourth-order valence-corrected chi connectivity index (χ4v) is 5.45. The van der Waals surface area contributed by atoms with Crippen LogP contribution in [0.1, 0.15) is 54.1 Å². The van der Waals surface area contributed by atoms with Gasteiger partial charge in [-0.25, -0.2) is 9.59 Å². The number of carbonyl (C=O) groups excluding carboxylic acids is 2. The second-order valence-corrected chi connectivity index (χ2v) is 10.2. The summed E-state index contributed by atoms with van der Waals surface area (Å²) in [7, 11) is 4.49. The Kier molecular flexibility index (Phi) is 7.66. The van der Waals surface area contributed by atoms with Gasteiger partial charge >= 0.3 is 12.0 Å². The van der Waals surface area contributed by atoms with Gasteiger partial charge in [0.15, 0.2) is 0 Å². The Labute approximate surface area is 217 Å². The first-order valence-corrected chi connectivity index (χ1v) is 12.5. The van der Waals surface area contributed by atoms with Gasteiger partial charge in [0, 0.05) is 42.0 Å². The number of carbonyl (C=O) groups is 2. The molecule has 194 valence electrons. The van der Waals surface area contributed by atoms with Gasteiger partial charge in [-0.15, -0.1) is 0 Å². The lowest BCUT2D eigenvalue weighted by molar-refractivity contribution is 0.0597. The maximum absolute atomic E-state index is 13.0. The molecule has 9 heteroatoms. The first-order valence-electron chi connectivity index (χ1n) is 12.1. The number of nitrogens with one attached hydrogen (secondary N) is 1. The van der Waals surface area contributed by atoms with Gasteiger partial charge in [0.25, 0.3) is 0 Å². The summed E-state index contributed by atoms with van der Waals surface area (Å²) in [6, 6.07) is 9.01. The SMILES string of the molecule is COC(=O)c1ccc(N2CC3(CCN(Cc4cc(C(C)C)c(Cl)cc4OC)CC3)NC2=O)cc1OC. The first kappa shape index (κ1) is 26.1. The maximum Gasteiger partial charge on any atom is 0.341 e. The van der Waals surface area contributed by atoms with Crippen LogP contribution in [0.3, 0.4) is 0 Å². The van der Waals surface area contributed by atoms with E-state index in [1.54, 1.807) is 30.2 Å². The number of methoxy groups -OCH3 is 3. The van der Waals surface area contributed by atoms with E-state index in [0.29, 0.717) is 29.5 Å². The summed E-state index contributed by atoms with van der Waals surface area (Å²) in [6.45, 7) is 7.29. The molecule has 0 saturated carbocycles. The van der Waals surface area contributed by atoms with Crippen molar-refractivity contribution in [3.63, 3.8) is 0 Å². The molecule has 0 unspecified atom stereocenters. The molecule has 0 aliphatic carbocycles. The van der Waals surface area contributed by atoms with Gasteiger partial charge in [-0.1, -0.05) is 25.4 Å². The number of piperidine rings is 1. The van der Waals surface area contributed by atoms with E-state index in [2.05, 4.69) is 30.1 Å². The molecule has 2 heterocycles. The highest BCUT2D eigenvalue weighted by atomic mass is 35.5. The van der Waals surface area contributed by atoms with Crippen LogP contribution in [0, 0.1) is 0 Å². The molecular formula is C27H34ClN3O5. The molecule has 2 fully saturated rings. The van der Waals surface area contributed by atoms with Gasteiger partial charge in [0.1, 0.15) is 17.1 Å². The van der Waals surface area contributed by atoms with Crippen molar-refractivity contribution in [1.29, 1.82) is 0 Å². The average molecular weight is 516 g/mol. The van der Waals surface area contributed by atoms with Crippen molar-refractivity contribution in [2.24, 2.45) is 0 Å². The smallest absolute Gasteiger partial charge is 0.341 e. The molecule has 8 nitrogen and oxygen atoms in total. The highest BCUT2D eigenvalue weighted by Crippen LogP contribution is 2.36. The number of amides is 2. The lowest BCUT2D eigenvalue weighted by Crippen LogP contribution is -2.52. The number of likely N-dealkylation sites (tertiary alicyclic amines) is 1. The lowest BCUT2D eigenvalue weighted by Gasteiger charge is -2.39. The van der Waals surface area contributed by atoms with Crippen molar-refractivity contribution < 1.29 is 23.8 Å². The van der Waals surface area contributed by atoms with Crippen LogP contribution in [-0.4, -0.2) is 63.4 Å². The van der Waals surface area contributed by atoms with Crippen LogP contribution < -0.4 is 19.7 Å². The Morgan fingerprint density at radius 2 is 1.78 bits per heavy atom. The number of esters is 1. The largest absolute Gasteiger partial charge is 0.496 e. The lowest BCUT2D eigenvalue weighted by atomic mass is 9.88. The second-order valence-electron chi connectivity index (χ2n) is 9.79. The number of hydrogen-bond acceptors (Lipinski definition) is 6. The molecule has 2 aliphatic rings. The van der Waals surface area contributed by atoms with Crippen molar-refractivity contribution in [2.45, 2.75) is 44.7 Å². The average Bonchev–Trinajstić information content (AvgIpc) is 3.20.